The van der Waals surface area contributed by atoms with Crippen LogP contribution in [0.3, 0.4) is 0 Å². The molecule has 1 aromatic heterocycles. The molecule has 0 atom stereocenters. The highest BCUT2D eigenvalue weighted by Gasteiger charge is 2.19. The minimum atomic E-state index is -0.187. The zero-order chi connectivity index (χ0) is 16.1. The highest BCUT2D eigenvalue weighted by molar-refractivity contribution is 5.76. The SMILES string of the molecule is O=C1CCCCN1CCNc1nccc(N2CCC(O)CC2)n1. The lowest BCUT2D eigenvalue weighted by Crippen LogP contribution is -2.38. The summed E-state index contributed by atoms with van der Waals surface area (Å²) < 4.78 is 0. The van der Waals surface area contributed by atoms with Gasteiger partial charge >= 0.3 is 0 Å². The van der Waals surface area contributed by atoms with Crippen molar-refractivity contribution >= 4 is 17.7 Å². The first-order valence-corrected chi connectivity index (χ1v) is 8.50. The normalized spacial score (nSPS) is 20.0. The molecule has 1 aromatic rings. The van der Waals surface area contributed by atoms with Gasteiger partial charge in [0.15, 0.2) is 0 Å². The van der Waals surface area contributed by atoms with Gasteiger partial charge in [0, 0.05) is 45.3 Å². The molecular weight excluding hydrogens is 294 g/mol. The largest absolute Gasteiger partial charge is 0.393 e. The van der Waals surface area contributed by atoms with Crippen molar-refractivity contribution < 1.29 is 9.90 Å². The van der Waals surface area contributed by atoms with E-state index in [1.165, 1.54) is 0 Å². The Morgan fingerprint density at radius 3 is 2.87 bits per heavy atom. The zero-order valence-corrected chi connectivity index (χ0v) is 13.4. The van der Waals surface area contributed by atoms with Gasteiger partial charge in [-0.05, 0) is 31.7 Å². The predicted molar refractivity (Wildman–Crippen MR) is 88.4 cm³/mol. The number of aliphatic hydroxyl groups excluding tert-OH is 1. The predicted octanol–water partition coefficient (Wildman–Crippen LogP) is 0.862. The van der Waals surface area contributed by atoms with Gasteiger partial charge in [0.2, 0.25) is 11.9 Å². The molecule has 0 radical (unpaired) electrons. The fourth-order valence-corrected chi connectivity index (χ4v) is 3.11. The van der Waals surface area contributed by atoms with Gasteiger partial charge in [-0.15, -0.1) is 0 Å². The Kier molecular flexibility index (Phi) is 5.27. The number of hydrogen-bond acceptors (Lipinski definition) is 6. The van der Waals surface area contributed by atoms with E-state index in [0.29, 0.717) is 25.5 Å². The molecule has 0 aromatic carbocycles. The molecule has 7 nitrogen and oxygen atoms in total. The quantitative estimate of drug-likeness (QED) is 0.838. The molecule has 2 N–H and O–H groups in total. The lowest BCUT2D eigenvalue weighted by Gasteiger charge is -2.30. The Morgan fingerprint density at radius 2 is 2.09 bits per heavy atom. The molecule has 2 fully saturated rings. The second kappa shape index (κ2) is 7.59. The number of carbonyl (C=O) groups is 1. The van der Waals surface area contributed by atoms with Crippen molar-refractivity contribution in [1.82, 2.24) is 14.9 Å². The van der Waals surface area contributed by atoms with E-state index in [1.54, 1.807) is 6.20 Å². The van der Waals surface area contributed by atoms with Crippen LogP contribution in [0, 0.1) is 0 Å². The van der Waals surface area contributed by atoms with E-state index in [9.17, 15) is 9.90 Å². The van der Waals surface area contributed by atoms with Crippen LogP contribution in [0.2, 0.25) is 0 Å². The van der Waals surface area contributed by atoms with Gasteiger partial charge in [0.05, 0.1) is 6.10 Å². The molecule has 126 valence electrons. The molecule has 2 aliphatic rings. The first kappa shape index (κ1) is 16.0. The molecule has 0 bridgehead atoms. The van der Waals surface area contributed by atoms with Crippen LogP contribution in [0.1, 0.15) is 32.1 Å². The van der Waals surface area contributed by atoms with Crippen molar-refractivity contribution in [1.29, 1.82) is 0 Å². The van der Waals surface area contributed by atoms with E-state index in [0.717, 1.165) is 51.1 Å². The van der Waals surface area contributed by atoms with E-state index in [1.807, 2.05) is 11.0 Å². The van der Waals surface area contributed by atoms with Crippen LogP contribution in [-0.2, 0) is 4.79 Å². The van der Waals surface area contributed by atoms with Gasteiger partial charge in [-0.25, -0.2) is 4.98 Å². The van der Waals surface area contributed by atoms with Gasteiger partial charge in [0.25, 0.3) is 0 Å². The van der Waals surface area contributed by atoms with Crippen LogP contribution >= 0.6 is 0 Å². The average molecular weight is 319 g/mol. The third-order valence-corrected chi connectivity index (χ3v) is 4.52. The molecular formula is C16H25N5O2. The summed E-state index contributed by atoms with van der Waals surface area (Å²) in [6.07, 6.45) is 5.91. The Hall–Kier alpha value is -1.89. The number of carbonyl (C=O) groups excluding carboxylic acids is 1. The van der Waals surface area contributed by atoms with Crippen molar-refractivity contribution in [2.75, 3.05) is 42.9 Å². The maximum absolute atomic E-state index is 11.8. The summed E-state index contributed by atoms with van der Waals surface area (Å²) in [6, 6.07) is 1.90. The number of amides is 1. The van der Waals surface area contributed by atoms with Gasteiger partial charge in [0.1, 0.15) is 5.82 Å². The van der Waals surface area contributed by atoms with Gasteiger partial charge in [-0.3, -0.25) is 4.79 Å². The molecule has 2 saturated heterocycles. The van der Waals surface area contributed by atoms with E-state index in [2.05, 4.69) is 20.2 Å². The number of rotatable bonds is 5. The van der Waals surface area contributed by atoms with Crippen LogP contribution in [0.5, 0.6) is 0 Å². The second-order valence-electron chi connectivity index (χ2n) is 6.22. The lowest BCUT2D eigenvalue weighted by atomic mass is 10.1. The summed E-state index contributed by atoms with van der Waals surface area (Å²) in [5.41, 5.74) is 0. The smallest absolute Gasteiger partial charge is 0.224 e. The van der Waals surface area contributed by atoms with E-state index in [4.69, 9.17) is 0 Å². The van der Waals surface area contributed by atoms with Crippen molar-refractivity contribution in [2.24, 2.45) is 0 Å². The lowest BCUT2D eigenvalue weighted by molar-refractivity contribution is -0.133. The van der Waals surface area contributed by atoms with Crippen molar-refractivity contribution in [2.45, 2.75) is 38.2 Å². The minimum absolute atomic E-state index is 0.187. The van der Waals surface area contributed by atoms with Gasteiger partial charge in [-0.2, -0.15) is 4.98 Å². The molecule has 3 rings (SSSR count). The number of nitrogens with zero attached hydrogens (tertiary/aromatic N) is 4. The summed E-state index contributed by atoms with van der Waals surface area (Å²) in [4.78, 5) is 24.6. The number of anilines is 2. The summed E-state index contributed by atoms with van der Waals surface area (Å²) in [5, 5.41) is 12.8. The monoisotopic (exact) mass is 319 g/mol. The minimum Gasteiger partial charge on any atom is -0.393 e. The Labute approximate surface area is 136 Å². The van der Waals surface area contributed by atoms with Crippen molar-refractivity contribution in [3.63, 3.8) is 0 Å². The number of hydrogen-bond donors (Lipinski definition) is 2. The van der Waals surface area contributed by atoms with Crippen LogP contribution in [-0.4, -0.2) is 64.7 Å². The number of aliphatic hydroxyl groups is 1. The summed E-state index contributed by atoms with van der Waals surface area (Å²) in [5.74, 6) is 1.74. The van der Waals surface area contributed by atoms with E-state index in [-0.39, 0.29) is 12.0 Å². The van der Waals surface area contributed by atoms with Gasteiger partial charge in [-0.1, -0.05) is 0 Å². The van der Waals surface area contributed by atoms with Crippen molar-refractivity contribution in [3.05, 3.63) is 12.3 Å². The highest BCUT2D eigenvalue weighted by atomic mass is 16.3. The summed E-state index contributed by atoms with van der Waals surface area (Å²) >= 11 is 0. The van der Waals surface area contributed by atoms with Gasteiger partial charge < -0.3 is 20.2 Å². The maximum atomic E-state index is 11.8. The highest BCUT2D eigenvalue weighted by Crippen LogP contribution is 2.18. The molecule has 23 heavy (non-hydrogen) atoms. The number of likely N-dealkylation sites (tertiary alicyclic amines) is 1. The fraction of sp³-hybridized carbons (Fsp3) is 0.688. The van der Waals surface area contributed by atoms with E-state index < -0.39 is 0 Å². The Morgan fingerprint density at radius 1 is 1.26 bits per heavy atom. The van der Waals surface area contributed by atoms with Crippen molar-refractivity contribution in [3.8, 4) is 0 Å². The standard InChI is InChI=1S/C16H25N5O2/c22-13-5-10-20(11-6-13)14-4-7-17-16(19-14)18-8-12-21-9-2-1-3-15(21)23/h4,7,13,22H,1-3,5-6,8-12H2,(H,17,18,19). The average Bonchev–Trinajstić information content (AvgIpc) is 2.58. The van der Waals surface area contributed by atoms with Crippen LogP contribution < -0.4 is 10.2 Å². The third-order valence-electron chi connectivity index (χ3n) is 4.52. The molecule has 2 aliphatic heterocycles. The molecule has 3 heterocycles. The molecule has 0 saturated carbocycles. The molecule has 0 aliphatic carbocycles. The van der Waals surface area contributed by atoms with E-state index >= 15 is 0 Å². The molecule has 1 amide bonds. The third kappa shape index (κ3) is 4.31. The number of nitrogens with one attached hydrogen (secondary N) is 1. The summed E-state index contributed by atoms with van der Waals surface area (Å²) in [6.45, 7) is 3.85. The fourth-order valence-electron chi connectivity index (χ4n) is 3.11. The first-order valence-electron chi connectivity index (χ1n) is 8.50. The Bertz CT molecular complexity index is 531. The first-order chi connectivity index (χ1) is 11.2. The maximum Gasteiger partial charge on any atom is 0.224 e. The zero-order valence-electron chi connectivity index (χ0n) is 13.4. The second-order valence-corrected chi connectivity index (χ2v) is 6.22. The molecule has 0 unspecified atom stereocenters. The molecule has 0 spiro atoms. The number of aromatic nitrogens is 2. The number of piperidine rings is 2. The van der Waals surface area contributed by atoms with Crippen LogP contribution in [0.25, 0.3) is 0 Å². The molecule has 7 heteroatoms. The van der Waals surface area contributed by atoms with Crippen LogP contribution in [0.4, 0.5) is 11.8 Å². The topological polar surface area (TPSA) is 81.6 Å². The summed E-state index contributed by atoms with van der Waals surface area (Å²) in [7, 11) is 0. The van der Waals surface area contributed by atoms with Crippen LogP contribution in [0.15, 0.2) is 12.3 Å². The Balaban J connectivity index is 1.50.